The highest BCUT2D eigenvalue weighted by atomic mass is 14.1. The monoisotopic (exact) mass is 396 g/mol. The lowest BCUT2D eigenvalue weighted by Gasteiger charge is -2.12. The molecule has 0 aromatic heterocycles. The summed E-state index contributed by atoms with van der Waals surface area (Å²) >= 11 is 0. The van der Waals surface area contributed by atoms with Crippen LogP contribution in [0.25, 0.3) is 44.2 Å². The minimum Gasteiger partial charge on any atom is -0.0819 e. The van der Waals surface area contributed by atoms with E-state index in [4.69, 9.17) is 0 Å². The standard InChI is InChI=1S/C30H25B/c1-31(2)28-15-7-12-24(21-28)25-17-18-30-27(20-25)14-8-16-29(30)26-13-6-11-23(19-26)22-9-4-3-5-10-22/h3-21H,1-2H3. The molecular formula is C30H25B. The number of benzene rings is 5. The molecule has 31 heavy (non-hydrogen) atoms. The Morgan fingerprint density at radius 1 is 0.452 bits per heavy atom. The summed E-state index contributed by atoms with van der Waals surface area (Å²) in [4.78, 5) is 0. The van der Waals surface area contributed by atoms with Crippen LogP contribution in [0, 0.1) is 0 Å². The topological polar surface area (TPSA) is 0 Å². The van der Waals surface area contributed by atoms with Gasteiger partial charge in [0.05, 0.1) is 0 Å². The van der Waals surface area contributed by atoms with Crippen molar-refractivity contribution in [2.45, 2.75) is 13.6 Å². The molecule has 0 saturated heterocycles. The van der Waals surface area contributed by atoms with Crippen LogP contribution in [0.15, 0.2) is 115 Å². The average Bonchev–Trinajstić information content (AvgIpc) is 2.84. The van der Waals surface area contributed by atoms with Crippen molar-refractivity contribution in [1.29, 1.82) is 0 Å². The van der Waals surface area contributed by atoms with Gasteiger partial charge < -0.3 is 0 Å². The molecule has 0 aliphatic rings. The van der Waals surface area contributed by atoms with Crippen LogP contribution in [0.5, 0.6) is 0 Å². The predicted molar refractivity (Wildman–Crippen MR) is 137 cm³/mol. The van der Waals surface area contributed by atoms with Crippen LogP contribution < -0.4 is 5.46 Å². The van der Waals surface area contributed by atoms with Crippen molar-refractivity contribution in [3.8, 4) is 33.4 Å². The van der Waals surface area contributed by atoms with Crippen molar-refractivity contribution >= 4 is 22.9 Å². The maximum atomic E-state index is 2.32. The van der Waals surface area contributed by atoms with Crippen LogP contribution in [0.1, 0.15) is 0 Å². The van der Waals surface area contributed by atoms with Crippen LogP contribution in [-0.2, 0) is 0 Å². The number of hydrogen-bond donors (Lipinski definition) is 0. The maximum Gasteiger partial charge on any atom is 0.169 e. The van der Waals surface area contributed by atoms with E-state index in [0.29, 0.717) is 6.71 Å². The highest BCUT2D eigenvalue weighted by Gasteiger charge is 2.09. The van der Waals surface area contributed by atoms with Gasteiger partial charge in [-0.15, -0.1) is 0 Å². The second kappa shape index (κ2) is 8.28. The molecule has 0 bridgehead atoms. The Bertz CT molecular complexity index is 1350. The molecule has 0 aliphatic carbocycles. The van der Waals surface area contributed by atoms with Crippen LogP contribution in [0.4, 0.5) is 0 Å². The molecule has 0 unspecified atom stereocenters. The van der Waals surface area contributed by atoms with Gasteiger partial charge in [-0.2, -0.15) is 0 Å². The quantitative estimate of drug-likeness (QED) is 0.272. The number of fused-ring (bicyclic) bond motifs is 1. The van der Waals surface area contributed by atoms with E-state index in [1.807, 2.05) is 0 Å². The molecule has 5 rings (SSSR count). The molecular weight excluding hydrogens is 371 g/mol. The van der Waals surface area contributed by atoms with Gasteiger partial charge in [-0.1, -0.05) is 122 Å². The molecule has 0 spiro atoms. The molecule has 0 nitrogen and oxygen atoms in total. The smallest absolute Gasteiger partial charge is 0.0819 e. The first-order valence-corrected chi connectivity index (χ1v) is 11.0. The fraction of sp³-hybridized carbons (Fsp3) is 0.0667. The molecule has 5 aromatic carbocycles. The van der Waals surface area contributed by atoms with Crippen LogP contribution in [-0.4, -0.2) is 6.71 Å². The molecule has 0 fully saturated rings. The molecule has 0 N–H and O–H groups in total. The van der Waals surface area contributed by atoms with Gasteiger partial charge in [0.15, 0.2) is 6.71 Å². The van der Waals surface area contributed by atoms with Gasteiger partial charge in [0, 0.05) is 0 Å². The molecule has 1 heteroatoms. The van der Waals surface area contributed by atoms with Gasteiger partial charge >= 0.3 is 0 Å². The van der Waals surface area contributed by atoms with Crippen molar-refractivity contribution < 1.29 is 0 Å². The number of rotatable bonds is 4. The Balaban J connectivity index is 1.58. The van der Waals surface area contributed by atoms with E-state index in [9.17, 15) is 0 Å². The van der Waals surface area contributed by atoms with E-state index < -0.39 is 0 Å². The fourth-order valence-electron chi connectivity index (χ4n) is 4.29. The van der Waals surface area contributed by atoms with Crippen LogP contribution in [0.2, 0.25) is 13.6 Å². The molecule has 0 heterocycles. The Hall–Kier alpha value is -3.58. The Morgan fingerprint density at radius 2 is 1.10 bits per heavy atom. The van der Waals surface area contributed by atoms with Crippen LogP contribution in [0.3, 0.4) is 0 Å². The normalized spacial score (nSPS) is 10.9. The van der Waals surface area contributed by atoms with E-state index in [-0.39, 0.29) is 0 Å². The SMILES string of the molecule is CB(C)c1cccc(-c2ccc3c(-c4cccc(-c5ccccc5)c4)cccc3c2)c1. The van der Waals surface area contributed by atoms with E-state index in [1.54, 1.807) is 0 Å². The van der Waals surface area contributed by atoms with Gasteiger partial charge in [0.25, 0.3) is 0 Å². The molecule has 0 saturated carbocycles. The minimum atomic E-state index is 0.531. The Labute approximate surface area is 185 Å². The summed E-state index contributed by atoms with van der Waals surface area (Å²) < 4.78 is 0. The number of hydrogen-bond acceptors (Lipinski definition) is 0. The third-order valence-electron chi connectivity index (χ3n) is 6.05. The summed E-state index contributed by atoms with van der Waals surface area (Å²) in [5.41, 5.74) is 8.95. The lowest BCUT2D eigenvalue weighted by atomic mass is 9.49. The first-order chi connectivity index (χ1) is 15.2. The summed E-state index contributed by atoms with van der Waals surface area (Å²) in [6.07, 6.45) is 0. The second-order valence-corrected chi connectivity index (χ2v) is 8.47. The summed E-state index contributed by atoms with van der Waals surface area (Å²) in [5, 5.41) is 2.56. The predicted octanol–water partition coefficient (Wildman–Crippen LogP) is 7.80. The molecule has 5 aromatic rings. The lowest BCUT2D eigenvalue weighted by molar-refractivity contribution is 1.60. The maximum absolute atomic E-state index is 2.32. The first kappa shape index (κ1) is 19.4. The van der Waals surface area contributed by atoms with Gasteiger partial charge in [0.1, 0.15) is 0 Å². The highest BCUT2D eigenvalue weighted by Crippen LogP contribution is 2.33. The summed E-state index contributed by atoms with van der Waals surface area (Å²) in [6, 6.07) is 41.8. The summed E-state index contributed by atoms with van der Waals surface area (Å²) in [5.74, 6) is 0. The largest absolute Gasteiger partial charge is 0.169 e. The zero-order chi connectivity index (χ0) is 21.2. The molecule has 0 amide bonds. The first-order valence-electron chi connectivity index (χ1n) is 11.0. The van der Waals surface area contributed by atoms with Crippen LogP contribution >= 0.6 is 0 Å². The van der Waals surface area contributed by atoms with Gasteiger partial charge in [0.2, 0.25) is 0 Å². The van der Waals surface area contributed by atoms with E-state index >= 15 is 0 Å². The molecule has 0 aliphatic heterocycles. The van der Waals surface area contributed by atoms with E-state index in [0.717, 1.165) is 0 Å². The van der Waals surface area contributed by atoms with Crippen molar-refractivity contribution in [3.63, 3.8) is 0 Å². The fourth-order valence-corrected chi connectivity index (χ4v) is 4.29. The van der Waals surface area contributed by atoms with Gasteiger partial charge in [-0.25, -0.2) is 0 Å². The zero-order valence-corrected chi connectivity index (χ0v) is 18.0. The third kappa shape index (κ3) is 3.92. The summed E-state index contributed by atoms with van der Waals surface area (Å²) in [7, 11) is 0. The van der Waals surface area contributed by atoms with Gasteiger partial charge in [-0.3, -0.25) is 0 Å². The van der Waals surface area contributed by atoms with Crippen molar-refractivity contribution in [3.05, 3.63) is 115 Å². The van der Waals surface area contributed by atoms with Gasteiger partial charge in [-0.05, 0) is 56.3 Å². The van der Waals surface area contributed by atoms with E-state index in [1.165, 1.54) is 49.6 Å². The lowest BCUT2D eigenvalue weighted by Crippen LogP contribution is -2.21. The van der Waals surface area contributed by atoms with Crippen molar-refractivity contribution in [1.82, 2.24) is 0 Å². The molecule has 148 valence electrons. The zero-order valence-electron chi connectivity index (χ0n) is 18.0. The third-order valence-corrected chi connectivity index (χ3v) is 6.05. The average molecular weight is 396 g/mol. The molecule has 0 atom stereocenters. The van der Waals surface area contributed by atoms with Crippen molar-refractivity contribution in [2.24, 2.45) is 0 Å². The second-order valence-electron chi connectivity index (χ2n) is 8.47. The summed E-state index contributed by atoms with van der Waals surface area (Å²) in [6.45, 7) is 5.02. The highest BCUT2D eigenvalue weighted by molar-refractivity contribution is 6.70. The Kier molecular flexibility index (Phi) is 5.18. The minimum absolute atomic E-state index is 0.531. The molecule has 0 radical (unpaired) electrons. The Morgan fingerprint density at radius 3 is 1.90 bits per heavy atom. The van der Waals surface area contributed by atoms with E-state index in [2.05, 4.69) is 129 Å². The van der Waals surface area contributed by atoms with Crippen molar-refractivity contribution in [2.75, 3.05) is 0 Å².